The lowest BCUT2D eigenvalue weighted by Crippen LogP contribution is -2.90. The van der Waals surface area contributed by atoms with E-state index >= 15 is 0 Å². The van der Waals surface area contributed by atoms with Crippen molar-refractivity contribution in [3.05, 3.63) is 65.2 Å². The number of halogens is 1. The highest BCUT2D eigenvalue weighted by atomic mass is 35.5. The Kier molecular flexibility index (Phi) is 4.22. The van der Waals surface area contributed by atoms with E-state index in [1.807, 2.05) is 47.8 Å². The molecule has 3 rings (SSSR count). The Hall–Kier alpha value is -2.17. The van der Waals surface area contributed by atoms with Gasteiger partial charge in [-0.1, -0.05) is 41.9 Å². The monoisotopic (exact) mass is 315 g/mol. The first-order chi connectivity index (χ1) is 10.6. The van der Waals surface area contributed by atoms with Crippen LogP contribution in [0.1, 0.15) is 12.0 Å². The molecular weight excluding hydrogens is 300 g/mol. The number of hydrogen-bond donors (Lipinski definition) is 1. The van der Waals surface area contributed by atoms with Crippen molar-refractivity contribution in [1.82, 2.24) is 0 Å². The minimum Gasteiger partial charge on any atom is -0.332 e. The van der Waals surface area contributed by atoms with Gasteiger partial charge in [0.2, 0.25) is 5.91 Å². The van der Waals surface area contributed by atoms with E-state index in [0.29, 0.717) is 17.3 Å². The summed E-state index contributed by atoms with van der Waals surface area (Å²) in [6.45, 7) is 0.618. The molecule has 0 radical (unpaired) electrons. The normalized spacial score (nSPS) is 18.0. The van der Waals surface area contributed by atoms with Crippen molar-refractivity contribution in [2.75, 3.05) is 4.90 Å². The number of carbonyl (C=O) groups excluding carboxylic acids is 2. The molecule has 22 heavy (non-hydrogen) atoms. The summed E-state index contributed by atoms with van der Waals surface area (Å²) in [5, 5.41) is 2.57. The molecule has 2 amide bonds. The predicted molar refractivity (Wildman–Crippen MR) is 84.4 cm³/mol. The average molecular weight is 316 g/mol. The zero-order chi connectivity index (χ0) is 15.5. The van der Waals surface area contributed by atoms with Crippen LogP contribution in [0.5, 0.6) is 0 Å². The first-order valence-corrected chi connectivity index (χ1v) is 7.52. The Morgan fingerprint density at radius 3 is 2.59 bits per heavy atom. The molecule has 112 valence electrons. The van der Waals surface area contributed by atoms with Gasteiger partial charge < -0.3 is 5.32 Å². The van der Waals surface area contributed by atoms with Crippen LogP contribution >= 0.6 is 11.6 Å². The molecule has 1 saturated heterocycles. The van der Waals surface area contributed by atoms with Crippen molar-refractivity contribution in [2.24, 2.45) is 0 Å². The maximum atomic E-state index is 12.5. The van der Waals surface area contributed by atoms with E-state index in [0.717, 1.165) is 5.56 Å². The molecule has 4 nitrogen and oxygen atoms in total. The summed E-state index contributed by atoms with van der Waals surface area (Å²) in [5.41, 5.74) is 1.67. The largest absolute Gasteiger partial charge is 0.332 e. The molecule has 2 aromatic carbocycles. The molecular formula is C17H16ClN2O2+. The van der Waals surface area contributed by atoms with Crippen molar-refractivity contribution in [3.8, 4) is 0 Å². The van der Waals surface area contributed by atoms with Crippen molar-refractivity contribution < 1.29 is 14.9 Å². The number of quaternary nitrogens is 1. The number of benzene rings is 2. The molecule has 1 atom stereocenters. The van der Waals surface area contributed by atoms with Gasteiger partial charge in [0.1, 0.15) is 6.54 Å². The highest BCUT2D eigenvalue weighted by Gasteiger charge is 2.41. The summed E-state index contributed by atoms with van der Waals surface area (Å²) in [5.74, 6) is -0.304. The second-order valence-electron chi connectivity index (χ2n) is 5.28. The summed E-state index contributed by atoms with van der Waals surface area (Å²) in [6, 6.07) is 16.2. The molecule has 1 aliphatic rings. The van der Waals surface area contributed by atoms with Crippen molar-refractivity contribution in [3.63, 3.8) is 0 Å². The zero-order valence-corrected chi connectivity index (χ0v) is 12.7. The van der Waals surface area contributed by atoms with Crippen LogP contribution in [0.15, 0.2) is 54.6 Å². The van der Waals surface area contributed by atoms with E-state index in [2.05, 4.69) is 0 Å². The van der Waals surface area contributed by atoms with Gasteiger partial charge >= 0.3 is 0 Å². The van der Waals surface area contributed by atoms with Crippen LogP contribution in [-0.4, -0.2) is 17.9 Å². The second-order valence-corrected chi connectivity index (χ2v) is 5.72. The van der Waals surface area contributed by atoms with Gasteiger partial charge in [-0.2, -0.15) is 0 Å². The number of anilines is 1. The highest BCUT2D eigenvalue weighted by Crippen LogP contribution is 2.21. The van der Waals surface area contributed by atoms with Gasteiger partial charge in [0.05, 0.1) is 12.1 Å². The lowest BCUT2D eigenvalue weighted by molar-refractivity contribution is -0.690. The number of nitrogens with two attached hydrogens (primary N) is 1. The molecule has 1 fully saturated rings. The van der Waals surface area contributed by atoms with E-state index in [1.165, 1.54) is 4.90 Å². The van der Waals surface area contributed by atoms with Gasteiger partial charge in [-0.05, 0) is 24.3 Å². The summed E-state index contributed by atoms with van der Waals surface area (Å²) < 4.78 is 0. The predicted octanol–water partition coefficient (Wildman–Crippen LogP) is 1.74. The number of carbonyl (C=O) groups is 2. The lowest BCUT2D eigenvalue weighted by Gasteiger charge is -2.13. The van der Waals surface area contributed by atoms with Crippen LogP contribution in [-0.2, 0) is 16.1 Å². The van der Waals surface area contributed by atoms with Crippen LogP contribution in [0.25, 0.3) is 0 Å². The van der Waals surface area contributed by atoms with E-state index in [-0.39, 0.29) is 24.3 Å². The maximum Gasteiger partial charge on any atom is 0.292 e. The van der Waals surface area contributed by atoms with E-state index in [1.54, 1.807) is 12.1 Å². The average Bonchev–Trinajstić information content (AvgIpc) is 2.80. The first kappa shape index (κ1) is 14.8. The van der Waals surface area contributed by atoms with Crippen LogP contribution < -0.4 is 10.2 Å². The van der Waals surface area contributed by atoms with Gasteiger partial charge in [0.25, 0.3) is 5.91 Å². The Morgan fingerprint density at radius 1 is 1.09 bits per heavy atom. The van der Waals surface area contributed by atoms with Crippen molar-refractivity contribution in [2.45, 2.75) is 19.0 Å². The van der Waals surface area contributed by atoms with E-state index in [9.17, 15) is 9.59 Å². The smallest absolute Gasteiger partial charge is 0.292 e. The van der Waals surface area contributed by atoms with Crippen LogP contribution in [0.3, 0.4) is 0 Å². The summed E-state index contributed by atoms with van der Waals surface area (Å²) in [4.78, 5) is 25.9. The quantitative estimate of drug-likeness (QED) is 0.874. The lowest BCUT2D eigenvalue weighted by atomic mass is 10.2. The molecule has 5 heteroatoms. The van der Waals surface area contributed by atoms with Gasteiger partial charge in [-0.25, -0.2) is 4.90 Å². The Labute approximate surface area is 133 Å². The molecule has 2 N–H and O–H groups in total. The minimum absolute atomic E-state index is 0.149. The fourth-order valence-electron chi connectivity index (χ4n) is 2.63. The van der Waals surface area contributed by atoms with Crippen LogP contribution in [0.4, 0.5) is 5.69 Å². The number of amides is 2. The standard InChI is InChI=1S/C17H15ClN2O2/c18-13-6-4-5-12(9-13)11-19-15-10-16(21)20(17(15)22)14-7-2-1-3-8-14/h1-9,15,19H,10-11H2/p+1/t15-/m0/s1. The van der Waals surface area contributed by atoms with Gasteiger partial charge in [0.15, 0.2) is 6.04 Å². The topological polar surface area (TPSA) is 54.0 Å². The number of para-hydroxylation sites is 1. The minimum atomic E-state index is -0.369. The SMILES string of the molecule is O=C1C[C@H]([NH2+]Cc2cccc(Cl)c2)C(=O)N1c1ccccc1. The van der Waals surface area contributed by atoms with Crippen LogP contribution in [0.2, 0.25) is 5.02 Å². The van der Waals surface area contributed by atoms with Crippen molar-refractivity contribution in [1.29, 1.82) is 0 Å². The fourth-order valence-corrected chi connectivity index (χ4v) is 2.84. The van der Waals surface area contributed by atoms with Gasteiger partial charge in [0, 0.05) is 10.6 Å². The molecule has 1 heterocycles. The number of hydrogen-bond acceptors (Lipinski definition) is 2. The Balaban J connectivity index is 1.69. The van der Waals surface area contributed by atoms with Crippen LogP contribution in [0, 0.1) is 0 Å². The molecule has 0 saturated carbocycles. The Bertz CT molecular complexity index is 703. The molecule has 0 spiro atoms. The van der Waals surface area contributed by atoms with E-state index < -0.39 is 0 Å². The Morgan fingerprint density at radius 2 is 1.86 bits per heavy atom. The highest BCUT2D eigenvalue weighted by molar-refractivity contribution is 6.30. The van der Waals surface area contributed by atoms with Crippen molar-refractivity contribution >= 4 is 29.1 Å². The molecule has 2 aromatic rings. The first-order valence-electron chi connectivity index (χ1n) is 7.15. The maximum absolute atomic E-state index is 12.5. The zero-order valence-electron chi connectivity index (χ0n) is 11.9. The van der Waals surface area contributed by atoms with Gasteiger partial charge in [-0.15, -0.1) is 0 Å². The fraction of sp³-hybridized carbons (Fsp3) is 0.176. The molecule has 0 aliphatic carbocycles. The molecule has 0 aromatic heterocycles. The summed E-state index contributed by atoms with van der Waals surface area (Å²) in [6.07, 6.45) is 0.230. The molecule has 1 aliphatic heterocycles. The van der Waals surface area contributed by atoms with E-state index in [4.69, 9.17) is 11.6 Å². The third-order valence-electron chi connectivity index (χ3n) is 3.72. The second kappa shape index (κ2) is 6.30. The third-order valence-corrected chi connectivity index (χ3v) is 3.96. The summed E-state index contributed by atoms with van der Waals surface area (Å²) in [7, 11) is 0. The number of nitrogens with zero attached hydrogens (tertiary/aromatic N) is 1. The summed E-state index contributed by atoms with van der Waals surface area (Å²) >= 11 is 5.95. The third kappa shape index (κ3) is 3.03. The number of rotatable bonds is 4. The number of imide groups is 1. The van der Waals surface area contributed by atoms with Gasteiger partial charge in [-0.3, -0.25) is 9.59 Å². The molecule has 0 unspecified atom stereocenters. The molecule has 0 bridgehead atoms.